The van der Waals surface area contributed by atoms with Crippen LogP contribution in [0.5, 0.6) is 34.5 Å². The van der Waals surface area contributed by atoms with Crippen molar-refractivity contribution in [2.24, 2.45) is 0 Å². The first-order chi connectivity index (χ1) is 42.0. The number of hydrogen-bond acceptors (Lipinski definition) is 16. The molecule has 0 aliphatic rings. The molecular weight excluding hydrogens is 1100 g/mol. The highest BCUT2D eigenvalue weighted by molar-refractivity contribution is 5.82. The van der Waals surface area contributed by atoms with Crippen molar-refractivity contribution in [3.05, 3.63) is 230 Å². The molecule has 0 saturated heterocycles. The van der Waals surface area contributed by atoms with Crippen LogP contribution in [0.15, 0.2) is 202 Å². The number of aryl methyl sites for hydroxylation is 1. The lowest BCUT2D eigenvalue weighted by Crippen LogP contribution is -2.06. The van der Waals surface area contributed by atoms with E-state index in [1.54, 1.807) is 0 Å². The van der Waals surface area contributed by atoms with E-state index in [2.05, 4.69) is 38.4 Å². The van der Waals surface area contributed by atoms with Gasteiger partial charge in [-0.3, -0.25) is 0 Å². The molecule has 6 rings (SSSR count). The van der Waals surface area contributed by atoms with Gasteiger partial charge in [0.15, 0.2) is 11.5 Å². The van der Waals surface area contributed by atoms with Gasteiger partial charge in [-0.05, 0) is 160 Å². The third-order valence-corrected chi connectivity index (χ3v) is 12.0. The second-order valence-corrected chi connectivity index (χ2v) is 19.0. The van der Waals surface area contributed by atoms with E-state index in [1.165, 1.54) is 28.8 Å². The molecule has 0 atom stereocenters. The predicted octanol–water partition coefficient (Wildman–Crippen LogP) is 14.3. The Morgan fingerprint density at radius 3 is 0.942 bits per heavy atom. The molecule has 458 valence electrons. The Bertz CT molecular complexity index is 2830. The van der Waals surface area contributed by atoms with Crippen LogP contribution in [-0.4, -0.2) is 76.7 Å². The van der Waals surface area contributed by atoms with Crippen molar-refractivity contribution in [1.29, 1.82) is 0 Å². The molecule has 0 spiro atoms. The molecule has 0 amide bonds. The highest BCUT2D eigenvalue weighted by Crippen LogP contribution is 2.21. The second-order valence-electron chi connectivity index (χ2n) is 19.0. The van der Waals surface area contributed by atoms with Crippen LogP contribution in [0.25, 0.3) is 0 Å². The molecule has 0 aromatic heterocycles. The number of carbonyl (C=O) groups excluding carboxylic acids is 4. The quantitative estimate of drug-likeness (QED) is 0.00885. The minimum atomic E-state index is -0.419. The van der Waals surface area contributed by atoms with E-state index in [0.29, 0.717) is 90.4 Å². The fourth-order valence-corrected chi connectivity index (χ4v) is 7.33. The Kier molecular flexibility index (Phi) is 35.8. The predicted molar refractivity (Wildman–Crippen MR) is 330 cm³/mol. The van der Waals surface area contributed by atoms with Gasteiger partial charge in [-0.25, -0.2) is 19.2 Å². The second kappa shape index (κ2) is 44.4. The topological polar surface area (TPSA) is 179 Å². The molecule has 0 aliphatic heterocycles. The maximum atomic E-state index is 11.0. The molecule has 86 heavy (non-hydrogen) atoms. The molecule has 0 radical (unpaired) electrons. The largest absolute Gasteiger partial charge is 0.494 e. The van der Waals surface area contributed by atoms with Gasteiger partial charge in [-0.2, -0.15) is 9.78 Å². The van der Waals surface area contributed by atoms with Gasteiger partial charge in [0.2, 0.25) is 0 Å². The number of rotatable bonds is 40. The van der Waals surface area contributed by atoms with Crippen molar-refractivity contribution in [2.75, 3.05) is 52.9 Å². The summed E-state index contributed by atoms with van der Waals surface area (Å²) in [6, 6.07) is 48.5. The molecule has 0 heterocycles. The van der Waals surface area contributed by atoms with E-state index in [0.717, 1.165) is 104 Å². The number of benzene rings is 6. The number of carbonyl (C=O) groups is 4. The van der Waals surface area contributed by atoms with E-state index in [9.17, 15) is 19.2 Å². The summed E-state index contributed by atoms with van der Waals surface area (Å²) in [4.78, 5) is 64.9. The monoisotopic (exact) mass is 1180 g/mol. The fourth-order valence-electron chi connectivity index (χ4n) is 7.33. The van der Waals surface area contributed by atoms with Gasteiger partial charge >= 0.3 is 23.9 Å². The van der Waals surface area contributed by atoms with E-state index in [1.807, 2.05) is 146 Å². The summed E-state index contributed by atoms with van der Waals surface area (Å²) in [5.41, 5.74) is 5.49. The summed E-state index contributed by atoms with van der Waals surface area (Å²) < 4.78 is 42.2. The van der Waals surface area contributed by atoms with Crippen LogP contribution in [0.2, 0.25) is 0 Å². The van der Waals surface area contributed by atoms with Crippen LogP contribution in [0.1, 0.15) is 92.0 Å². The summed E-state index contributed by atoms with van der Waals surface area (Å²) in [6.07, 6.45) is 14.4. The van der Waals surface area contributed by atoms with Crippen molar-refractivity contribution in [3.63, 3.8) is 0 Å². The van der Waals surface area contributed by atoms with Gasteiger partial charge in [-0.1, -0.05) is 111 Å². The average Bonchev–Trinajstić information content (AvgIpc) is 3.75. The zero-order valence-electron chi connectivity index (χ0n) is 49.5. The van der Waals surface area contributed by atoms with E-state index in [4.69, 9.17) is 57.4 Å². The molecule has 6 aromatic rings. The normalized spacial score (nSPS) is 10.2. The summed E-state index contributed by atoms with van der Waals surface area (Å²) >= 11 is 0. The Morgan fingerprint density at radius 1 is 0.314 bits per heavy atom. The first-order valence-corrected chi connectivity index (χ1v) is 28.8. The Morgan fingerprint density at radius 2 is 0.593 bits per heavy atom. The smallest absolute Gasteiger partial charge is 0.330 e. The van der Waals surface area contributed by atoms with Gasteiger partial charge < -0.3 is 47.7 Å². The molecule has 16 nitrogen and oxygen atoms in total. The van der Waals surface area contributed by atoms with Crippen molar-refractivity contribution < 1.29 is 76.6 Å². The lowest BCUT2D eigenvalue weighted by molar-refractivity contribution is -0.217. The number of hydrogen-bond donors (Lipinski definition) is 0. The Balaban J connectivity index is 0.000000327. The molecule has 0 N–H and O–H groups in total. The van der Waals surface area contributed by atoms with Crippen molar-refractivity contribution in [3.8, 4) is 34.5 Å². The SMILES string of the molecule is C=CC(=O)OCCCCCCOc1ccc(COOc2ccc(Cc3ccc(OCCCCCCOC(=O)C=C)cc3)cc2)cc1.C=CC(=O)OCCCOc1ccc(COOc2ccc(C)cc2)cc1.C=CC(=O)OCCCOc1ccccc1. The first kappa shape index (κ1) is 69.4. The van der Waals surface area contributed by atoms with Gasteiger partial charge in [0.1, 0.15) is 36.2 Å². The van der Waals surface area contributed by atoms with Crippen LogP contribution in [-0.2, 0) is 67.5 Å². The third kappa shape index (κ3) is 33.2. The van der Waals surface area contributed by atoms with Crippen molar-refractivity contribution in [1.82, 2.24) is 0 Å². The number of esters is 4. The molecule has 16 heteroatoms. The van der Waals surface area contributed by atoms with Gasteiger partial charge in [0, 0.05) is 37.1 Å². The zero-order valence-corrected chi connectivity index (χ0v) is 49.5. The summed E-state index contributed by atoms with van der Waals surface area (Å²) in [5.74, 6) is 3.01. The Labute approximate surface area is 506 Å². The van der Waals surface area contributed by atoms with Crippen molar-refractivity contribution >= 4 is 23.9 Å². The van der Waals surface area contributed by atoms with E-state index < -0.39 is 11.9 Å². The minimum Gasteiger partial charge on any atom is -0.494 e. The molecule has 0 saturated carbocycles. The summed E-state index contributed by atoms with van der Waals surface area (Å²) in [7, 11) is 0. The molecular formula is C70H82O16. The molecule has 6 aromatic carbocycles. The van der Waals surface area contributed by atoms with E-state index >= 15 is 0 Å². The van der Waals surface area contributed by atoms with Crippen molar-refractivity contribution in [2.45, 2.75) is 90.8 Å². The van der Waals surface area contributed by atoms with Crippen LogP contribution < -0.4 is 28.7 Å². The highest BCUT2D eigenvalue weighted by atomic mass is 17.2. The molecule has 0 fully saturated rings. The van der Waals surface area contributed by atoms with Gasteiger partial charge in [-0.15, -0.1) is 0 Å². The third-order valence-electron chi connectivity index (χ3n) is 12.0. The van der Waals surface area contributed by atoms with Gasteiger partial charge in [0.05, 0.1) is 52.9 Å². The summed E-state index contributed by atoms with van der Waals surface area (Å²) in [6.45, 7) is 19.9. The Hall–Kier alpha value is -9.12. The number of ether oxygens (including phenoxy) is 8. The maximum absolute atomic E-state index is 11.0. The highest BCUT2D eigenvalue weighted by Gasteiger charge is 2.05. The first-order valence-electron chi connectivity index (χ1n) is 28.8. The minimum absolute atomic E-state index is 0.313. The van der Waals surface area contributed by atoms with Crippen LogP contribution in [0.4, 0.5) is 0 Å². The standard InChI is InChI=1S/C38H46O8.C20H22O5.C12H14O3/c1-3-37(39)43-27-11-7-5-9-25-41-34-19-13-31(14-20-34)29-32-15-23-36(24-16-32)46-45-30-33-17-21-35(22-18-33)42-26-10-6-8-12-28-44-38(40)4-2;1-3-20(21)23-14-4-13-22-18-11-7-17(8-12-18)15-24-25-19-9-5-16(2)6-10-19;1-2-12(13)15-10-6-9-14-11-7-4-3-5-8-11/h3-4,13-24H,1-2,5-12,25-30H2;3,5-12H,1,4,13-15H2,2H3;2-5,7-8H,1,6,9-10H2. The molecule has 0 aliphatic carbocycles. The van der Waals surface area contributed by atoms with Crippen LogP contribution in [0, 0.1) is 6.92 Å². The molecule has 0 bridgehead atoms. The lowest BCUT2D eigenvalue weighted by atomic mass is 10.0. The van der Waals surface area contributed by atoms with E-state index in [-0.39, 0.29) is 11.9 Å². The lowest BCUT2D eigenvalue weighted by Gasteiger charge is -2.09. The average molecular weight is 1180 g/mol. The number of unbranched alkanes of at least 4 members (excludes halogenated alkanes) is 6. The van der Waals surface area contributed by atoms with Crippen LogP contribution in [0.3, 0.4) is 0 Å². The number of para-hydroxylation sites is 1. The van der Waals surface area contributed by atoms with Crippen LogP contribution >= 0.6 is 0 Å². The molecule has 0 unspecified atom stereocenters. The summed E-state index contributed by atoms with van der Waals surface area (Å²) in [5, 5.41) is 0. The fraction of sp³-hybridized carbons (Fsp3) is 0.314. The maximum Gasteiger partial charge on any atom is 0.330 e. The van der Waals surface area contributed by atoms with Gasteiger partial charge in [0.25, 0.3) is 0 Å². The zero-order chi connectivity index (χ0) is 61.5.